The second kappa shape index (κ2) is 9.43. The summed E-state index contributed by atoms with van der Waals surface area (Å²) in [5.74, 6) is -0.845. The highest BCUT2D eigenvalue weighted by Crippen LogP contribution is 2.18. The van der Waals surface area contributed by atoms with Gasteiger partial charge in [-0.15, -0.1) is 0 Å². The molecule has 1 heterocycles. The fraction of sp³-hybridized carbons (Fsp3) is 0.421. The zero-order valence-electron chi connectivity index (χ0n) is 15.0. The highest BCUT2D eigenvalue weighted by molar-refractivity contribution is 7.80. The number of carboxylic acids is 1. The minimum atomic E-state index is -1.04. The number of benzene rings is 1. The SMILES string of the molecule is CC(C)C[C@H](CS)C(=O)N[C@@H](Cc1ccc(-c2ccn[nH]2)cc1)C(=O)O. The number of nitrogens with one attached hydrogen (secondary N) is 2. The van der Waals surface area contributed by atoms with E-state index in [1.54, 1.807) is 6.20 Å². The Morgan fingerprint density at radius 1 is 1.23 bits per heavy atom. The van der Waals surface area contributed by atoms with E-state index >= 15 is 0 Å². The Morgan fingerprint density at radius 3 is 2.42 bits per heavy atom. The van der Waals surface area contributed by atoms with Crippen LogP contribution in [-0.4, -0.2) is 39.0 Å². The summed E-state index contributed by atoms with van der Waals surface area (Å²) in [4.78, 5) is 24.0. The average molecular weight is 375 g/mol. The minimum absolute atomic E-state index is 0.227. The van der Waals surface area contributed by atoms with Gasteiger partial charge in [0, 0.05) is 24.3 Å². The molecule has 140 valence electrons. The molecule has 2 atom stereocenters. The van der Waals surface area contributed by atoms with E-state index in [0.29, 0.717) is 18.1 Å². The lowest BCUT2D eigenvalue weighted by Gasteiger charge is -2.20. The number of thiol groups is 1. The third-order valence-corrected chi connectivity index (χ3v) is 4.61. The van der Waals surface area contributed by atoms with Crippen LogP contribution < -0.4 is 5.32 Å². The van der Waals surface area contributed by atoms with E-state index in [2.05, 4.69) is 28.1 Å². The Bertz CT molecular complexity index is 714. The van der Waals surface area contributed by atoms with Crippen molar-refractivity contribution in [2.24, 2.45) is 11.8 Å². The lowest BCUT2D eigenvalue weighted by atomic mass is 9.97. The van der Waals surface area contributed by atoms with Gasteiger partial charge in [-0.3, -0.25) is 9.89 Å². The molecular formula is C19H25N3O3S. The zero-order valence-corrected chi connectivity index (χ0v) is 15.9. The van der Waals surface area contributed by atoms with Gasteiger partial charge in [0.1, 0.15) is 6.04 Å². The average Bonchev–Trinajstić information content (AvgIpc) is 3.14. The van der Waals surface area contributed by atoms with Crippen LogP contribution in [-0.2, 0) is 16.0 Å². The normalized spacial score (nSPS) is 13.4. The van der Waals surface area contributed by atoms with Crippen LogP contribution >= 0.6 is 12.6 Å². The summed E-state index contributed by atoms with van der Waals surface area (Å²) in [6.45, 7) is 4.05. The Kier molecular flexibility index (Phi) is 7.26. The van der Waals surface area contributed by atoms with Crippen LogP contribution in [0.4, 0.5) is 0 Å². The first kappa shape index (κ1) is 20.0. The number of aromatic nitrogens is 2. The van der Waals surface area contributed by atoms with Crippen LogP contribution in [0.1, 0.15) is 25.8 Å². The van der Waals surface area contributed by atoms with Gasteiger partial charge in [0.15, 0.2) is 0 Å². The molecule has 0 unspecified atom stereocenters. The Hall–Kier alpha value is -2.28. The minimum Gasteiger partial charge on any atom is -0.480 e. The topological polar surface area (TPSA) is 95.1 Å². The molecule has 0 spiro atoms. The van der Waals surface area contributed by atoms with Crippen molar-refractivity contribution in [3.8, 4) is 11.3 Å². The molecule has 0 aliphatic carbocycles. The molecule has 1 aromatic heterocycles. The second-order valence-electron chi connectivity index (χ2n) is 6.78. The third-order valence-electron chi connectivity index (χ3n) is 4.17. The first-order chi connectivity index (χ1) is 12.4. The fourth-order valence-electron chi connectivity index (χ4n) is 2.80. The molecule has 0 aliphatic rings. The van der Waals surface area contributed by atoms with Crippen molar-refractivity contribution in [2.45, 2.75) is 32.7 Å². The Balaban J connectivity index is 2.03. The van der Waals surface area contributed by atoms with Gasteiger partial charge in [0.05, 0.1) is 5.69 Å². The van der Waals surface area contributed by atoms with E-state index in [-0.39, 0.29) is 18.2 Å². The maximum atomic E-state index is 12.4. The van der Waals surface area contributed by atoms with Crippen molar-refractivity contribution in [1.29, 1.82) is 0 Å². The number of amides is 1. The predicted molar refractivity (Wildman–Crippen MR) is 104 cm³/mol. The number of rotatable bonds is 9. The Morgan fingerprint density at radius 2 is 1.92 bits per heavy atom. The van der Waals surface area contributed by atoms with Crippen molar-refractivity contribution in [2.75, 3.05) is 5.75 Å². The molecule has 0 saturated carbocycles. The monoisotopic (exact) mass is 375 g/mol. The van der Waals surface area contributed by atoms with Crippen molar-refractivity contribution < 1.29 is 14.7 Å². The molecule has 6 nitrogen and oxygen atoms in total. The van der Waals surface area contributed by atoms with Crippen molar-refractivity contribution in [3.05, 3.63) is 42.1 Å². The fourth-order valence-corrected chi connectivity index (χ4v) is 3.11. The lowest BCUT2D eigenvalue weighted by molar-refractivity contribution is -0.142. The summed E-state index contributed by atoms with van der Waals surface area (Å²) < 4.78 is 0. The maximum Gasteiger partial charge on any atom is 0.326 e. The maximum absolute atomic E-state index is 12.4. The molecule has 0 radical (unpaired) electrons. The Labute approximate surface area is 158 Å². The van der Waals surface area contributed by atoms with E-state index in [1.807, 2.05) is 44.2 Å². The molecule has 0 aliphatic heterocycles. The van der Waals surface area contributed by atoms with Crippen LogP contribution in [0.2, 0.25) is 0 Å². The predicted octanol–water partition coefficient (Wildman–Crippen LogP) is 2.78. The van der Waals surface area contributed by atoms with Crippen molar-refractivity contribution in [1.82, 2.24) is 15.5 Å². The molecule has 2 aromatic rings. The van der Waals surface area contributed by atoms with Crippen LogP contribution in [0, 0.1) is 11.8 Å². The van der Waals surface area contributed by atoms with E-state index in [1.165, 1.54) is 0 Å². The number of carboxylic acid groups (broad SMARTS) is 1. The third kappa shape index (κ3) is 5.62. The smallest absolute Gasteiger partial charge is 0.326 e. The van der Waals surface area contributed by atoms with Gasteiger partial charge in [-0.05, 0) is 29.5 Å². The summed E-state index contributed by atoms with van der Waals surface area (Å²) in [7, 11) is 0. The summed E-state index contributed by atoms with van der Waals surface area (Å²) in [5.41, 5.74) is 2.70. The second-order valence-corrected chi connectivity index (χ2v) is 7.14. The summed E-state index contributed by atoms with van der Waals surface area (Å²) in [5, 5.41) is 18.9. The standard InChI is InChI=1S/C19H25N3O3S/c1-12(2)9-15(11-26)18(23)21-17(19(24)25)10-13-3-5-14(6-4-13)16-7-8-20-22-16/h3-8,12,15,17,26H,9-11H2,1-2H3,(H,20,22)(H,21,23)(H,24,25)/t15-,17+/m1/s1. The zero-order chi connectivity index (χ0) is 19.1. The molecule has 1 aromatic carbocycles. The van der Waals surface area contributed by atoms with Gasteiger partial charge in [0.25, 0.3) is 0 Å². The highest BCUT2D eigenvalue weighted by Gasteiger charge is 2.25. The van der Waals surface area contributed by atoms with E-state index in [9.17, 15) is 14.7 Å². The number of carbonyl (C=O) groups excluding carboxylic acids is 1. The van der Waals surface area contributed by atoms with Crippen molar-refractivity contribution in [3.63, 3.8) is 0 Å². The summed E-state index contributed by atoms with van der Waals surface area (Å²) >= 11 is 4.23. The molecular weight excluding hydrogens is 350 g/mol. The molecule has 3 N–H and O–H groups in total. The molecule has 0 fully saturated rings. The number of hydrogen-bond acceptors (Lipinski definition) is 4. The molecule has 7 heteroatoms. The number of hydrogen-bond donors (Lipinski definition) is 4. The van der Waals surface area contributed by atoms with Gasteiger partial charge in [-0.2, -0.15) is 17.7 Å². The lowest BCUT2D eigenvalue weighted by Crippen LogP contribution is -2.45. The molecule has 26 heavy (non-hydrogen) atoms. The molecule has 0 bridgehead atoms. The quantitative estimate of drug-likeness (QED) is 0.507. The van der Waals surface area contributed by atoms with Gasteiger partial charge in [-0.1, -0.05) is 38.1 Å². The van der Waals surface area contributed by atoms with E-state index < -0.39 is 12.0 Å². The van der Waals surface area contributed by atoms with Gasteiger partial charge >= 0.3 is 5.97 Å². The van der Waals surface area contributed by atoms with Crippen LogP contribution in [0.5, 0.6) is 0 Å². The molecule has 0 saturated heterocycles. The number of carbonyl (C=O) groups is 2. The van der Waals surface area contributed by atoms with Gasteiger partial charge in [-0.25, -0.2) is 4.79 Å². The first-order valence-electron chi connectivity index (χ1n) is 8.63. The molecule has 2 rings (SSSR count). The largest absolute Gasteiger partial charge is 0.480 e. The number of nitrogens with zero attached hydrogens (tertiary/aromatic N) is 1. The van der Waals surface area contributed by atoms with E-state index in [4.69, 9.17) is 0 Å². The van der Waals surface area contributed by atoms with Crippen LogP contribution in [0.25, 0.3) is 11.3 Å². The van der Waals surface area contributed by atoms with E-state index in [0.717, 1.165) is 16.8 Å². The number of H-pyrrole nitrogens is 1. The summed E-state index contributed by atoms with van der Waals surface area (Å²) in [6, 6.07) is 8.43. The van der Waals surface area contributed by atoms with Crippen LogP contribution in [0.15, 0.2) is 36.5 Å². The summed E-state index contributed by atoms with van der Waals surface area (Å²) in [6.07, 6.45) is 2.58. The number of aromatic amines is 1. The van der Waals surface area contributed by atoms with Gasteiger partial charge < -0.3 is 10.4 Å². The van der Waals surface area contributed by atoms with Crippen LogP contribution in [0.3, 0.4) is 0 Å². The highest BCUT2D eigenvalue weighted by atomic mass is 32.1. The van der Waals surface area contributed by atoms with Crippen molar-refractivity contribution >= 4 is 24.5 Å². The molecule has 1 amide bonds. The number of aliphatic carboxylic acids is 1. The van der Waals surface area contributed by atoms with Gasteiger partial charge in [0.2, 0.25) is 5.91 Å². The first-order valence-corrected chi connectivity index (χ1v) is 9.26.